The Morgan fingerprint density at radius 3 is 2.90 bits per heavy atom. The largest absolute Gasteiger partial charge is 0.494 e. The molecule has 2 aromatic rings. The number of hydrogen-bond donors (Lipinski definition) is 1. The number of carbonyl (C=O) groups excluding carboxylic acids is 1. The Morgan fingerprint density at radius 1 is 1.24 bits per heavy atom. The number of benzene rings is 2. The van der Waals surface area contributed by atoms with Gasteiger partial charge in [-0.1, -0.05) is 23.7 Å². The fourth-order valence-electron chi connectivity index (χ4n) is 2.33. The highest BCUT2D eigenvalue weighted by atomic mass is 35.5. The number of fused-ring (bicyclic) bond motifs is 1. The molecule has 1 heterocycles. The minimum Gasteiger partial charge on any atom is -0.494 e. The van der Waals surface area contributed by atoms with E-state index in [-0.39, 0.29) is 5.91 Å². The maximum absolute atomic E-state index is 12.1. The van der Waals surface area contributed by atoms with Gasteiger partial charge in [0, 0.05) is 21.8 Å². The van der Waals surface area contributed by atoms with E-state index in [0.717, 1.165) is 22.6 Å². The molecule has 1 N–H and O–H groups in total. The van der Waals surface area contributed by atoms with Crippen molar-refractivity contribution in [3.05, 3.63) is 58.6 Å². The van der Waals surface area contributed by atoms with Gasteiger partial charge in [-0.05, 0) is 48.9 Å². The first-order chi connectivity index (χ1) is 10.2. The Balaban J connectivity index is 2.02. The van der Waals surface area contributed by atoms with Gasteiger partial charge in [0.15, 0.2) is 0 Å². The lowest BCUT2D eigenvalue weighted by atomic mass is 10.0. The fraction of sp³-hybridized carbons (Fsp3) is 0.118. The second-order valence-electron chi connectivity index (χ2n) is 4.71. The second-order valence-corrected chi connectivity index (χ2v) is 5.14. The SMILES string of the molecule is CCOc1cccc(/C=C2/C(=O)Nc3ccc(Cl)cc32)c1. The Morgan fingerprint density at radius 2 is 2.10 bits per heavy atom. The van der Waals surface area contributed by atoms with Crippen LogP contribution in [0.3, 0.4) is 0 Å². The molecule has 0 saturated carbocycles. The van der Waals surface area contributed by atoms with E-state index in [1.165, 1.54) is 0 Å². The summed E-state index contributed by atoms with van der Waals surface area (Å²) in [6.45, 7) is 2.55. The average Bonchev–Trinajstić information content (AvgIpc) is 2.76. The fourth-order valence-corrected chi connectivity index (χ4v) is 2.50. The van der Waals surface area contributed by atoms with E-state index in [9.17, 15) is 4.79 Å². The van der Waals surface area contributed by atoms with Crippen molar-refractivity contribution in [3.8, 4) is 5.75 Å². The molecular weight excluding hydrogens is 286 g/mol. The highest BCUT2D eigenvalue weighted by Gasteiger charge is 2.24. The van der Waals surface area contributed by atoms with Crippen molar-refractivity contribution in [2.24, 2.45) is 0 Å². The predicted octanol–water partition coefficient (Wildman–Crippen LogP) is 4.23. The Bertz CT molecular complexity index is 737. The van der Waals surface area contributed by atoms with Crippen molar-refractivity contribution in [1.29, 1.82) is 0 Å². The number of amides is 1. The molecule has 106 valence electrons. The number of hydrogen-bond acceptors (Lipinski definition) is 2. The quantitative estimate of drug-likeness (QED) is 0.861. The van der Waals surface area contributed by atoms with Gasteiger partial charge in [0.1, 0.15) is 5.75 Å². The summed E-state index contributed by atoms with van der Waals surface area (Å²) < 4.78 is 5.48. The van der Waals surface area contributed by atoms with E-state index < -0.39 is 0 Å². The summed E-state index contributed by atoms with van der Waals surface area (Å²) in [7, 11) is 0. The van der Waals surface area contributed by atoms with Gasteiger partial charge in [0.2, 0.25) is 0 Å². The standard InChI is InChI=1S/C17H14ClNO2/c1-2-21-13-5-3-4-11(8-13)9-15-14-10-12(18)6-7-16(14)19-17(15)20/h3-10H,2H2,1H3,(H,19,20)/b15-9+. The molecule has 3 nitrogen and oxygen atoms in total. The summed E-state index contributed by atoms with van der Waals surface area (Å²) in [4.78, 5) is 12.1. The van der Waals surface area contributed by atoms with Gasteiger partial charge in [0.05, 0.1) is 6.61 Å². The van der Waals surface area contributed by atoms with Crippen molar-refractivity contribution >= 4 is 34.8 Å². The van der Waals surface area contributed by atoms with E-state index in [1.54, 1.807) is 12.1 Å². The van der Waals surface area contributed by atoms with Gasteiger partial charge < -0.3 is 10.1 Å². The zero-order valence-corrected chi connectivity index (χ0v) is 12.3. The highest BCUT2D eigenvalue weighted by molar-refractivity contribution is 6.36. The summed E-state index contributed by atoms with van der Waals surface area (Å²) in [6, 6.07) is 13.0. The summed E-state index contributed by atoms with van der Waals surface area (Å²) in [6.07, 6.45) is 1.85. The zero-order chi connectivity index (χ0) is 14.8. The van der Waals surface area contributed by atoms with Gasteiger partial charge >= 0.3 is 0 Å². The lowest BCUT2D eigenvalue weighted by Crippen LogP contribution is -2.03. The van der Waals surface area contributed by atoms with Crippen LogP contribution in [0.15, 0.2) is 42.5 Å². The lowest BCUT2D eigenvalue weighted by molar-refractivity contribution is -0.110. The Kier molecular flexibility index (Phi) is 3.67. The molecule has 2 aromatic carbocycles. The number of nitrogens with one attached hydrogen (secondary N) is 1. The molecule has 0 spiro atoms. The van der Waals surface area contributed by atoms with Crippen molar-refractivity contribution < 1.29 is 9.53 Å². The smallest absolute Gasteiger partial charge is 0.256 e. The van der Waals surface area contributed by atoms with E-state index >= 15 is 0 Å². The maximum Gasteiger partial charge on any atom is 0.256 e. The van der Waals surface area contributed by atoms with Crippen LogP contribution >= 0.6 is 11.6 Å². The van der Waals surface area contributed by atoms with Crippen LogP contribution in [0.25, 0.3) is 11.6 Å². The summed E-state index contributed by atoms with van der Waals surface area (Å²) in [5, 5.41) is 3.45. The van der Waals surface area contributed by atoms with Crippen LogP contribution in [-0.2, 0) is 4.79 Å². The first-order valence-corrected chi connectivity index (χ1v) is 7.11. The maximum atomic E-state index is 12.1. The van der Waals surface area contributed by atoms with Gasteiger partial charge in [-0.15, -0.1) is 0 Å². The van der Waals surface area contributed by atoms with Crippen LogP contribution in [0.4, 0.5) is 5.69 Å². The molecule has 1 aliphatic rings. The average molecular weight is 300 g/mol. The third-order valence-corrected chi connectivity index (χ3v) is 3.48. The minimum atomic E-state index is -0.117. The molecule has 1 amide bonds. The third kappa shape index (κ3) is 2.78. The number of carbonyl (C=O) groups is 1. The molecule has 0 saturated heterocycles. The first kappa shape index (κ1) is 13.7. The van der Waals surface area contributed by atoms with E-state index in [2.05, 4.69) is 5.32 Å². The summed E-state index contributed by atoms with van der Waals surface area (Å²) in [5.41, 5.74) is 3.14. The number of ether oxygens (including phenoxy) is 1. The van der Waals surface area contributed by atoms with Crippen molar-refractivity contribution in [3.63, 3.8) is 0 Å². The van der Waals surface area contributed by atoms with Crippen LogP contribution in [0.5, 0.6) is 5.75 Å². The molecule has 3 rings (SSSR count). The van der Waals surface area contributed by atoms with Crippen LogP contribution in [-0.4, -0.2) is 12.5 Å². The second kappa shape index (κ2) is 5.62. The molecule has 0 aromatic heterocycles. The topological polar surface area (TPSA) is 38.3 Å². The van der Waals surface area contributed by atoms with E-state index in [1.807, 2.05) is 43.3 Å². The predicted molar refractivity (Wildman–Crippen MR) is 85.6 cm³/mol. The molecule has 1 aliphatic heterocycles. The third-order valence-electron chi connectivity index (χ3n) is 3.24. The Labute approximate surface area is 128 Å². The Hall–Kier alpha value is -2.26. The summed E-state index contributed by atoms with van der Waals surface area (Å²) >= 11 is 6.02. The normalized spacial score (nSPS) is 15.0. The van der Waals surface area contributed by atoms with Gasteiger partial charge in [-0.3, -0.25) is 4.79 Å². The summed E-state index contributed by atoms with van der Waals surface area (Å²) in [5.74, 6) is 0.672. The number of rotatable bonds is 3. The van der Waals surface area contributed by atoms with Gasteiger partial charge in [-0.25, -0.2) is 0 Å². The molecule has 21 heavy (non-hydrogen) atoms. The van der Waals surface area contributed by atoms with Crippen molar-refractivity contribution in [2.75, 3.05) is 11.9 Å². The molecule has 0 unspecified atom stereocenters. The molecule has 0 radical (unpaired) electrons. The molecule has 0 bridgehead atoms. The van der Waals surface area contributed by atoms with Gasteiger partial charge in [0.25, 0.3) is 5.91 Å². The van der Waals surface area contributed by atoms with Crippen LogP contribution in [0, 0.1) is 0 Å². The lowest BCUT2D eigenvalue weighted by Gasteiger charge is -2.04. The van der Waals surface area contributed by atoms with E-state index in [0.29, 0.717) is 17.2 Å². The number of halogens is 1. The van der Waals surface area contributed by atoms with Gasteiger partial charge in [-0.2, -0.15) is 0 Å². The van der Waals surface area contributed by atoms with Crippen molar-refractivity contribution in [2.45, 2.75) is 6.92 Å². The highest BCUT2D eigenvalue weighted by Crippen LogP contribution is 2.35. The molecule has 0 aliphatic carbocycles. The van der Waals surface area contributed by atoms with Crippen molar-refractivity contribution in [1.82, 2.24) is 0 Å². The first-order valence-electron chi connectivity index (χ1n) is 6.73. The monoisotopic (exact) mass is 299 g/mol. The van der Waals surface area contributed by atoms with Crippen LogP contribution < -0.4 is 10.1 Å². The van der Waals surface area contributed by atoms with E-state index in [4.69, 9.17) is 16.3 Å². The minimum absolute atomic E-state index is 0.117. The molecule has 0 fully saturated rings. The molecule has 4 heteroatoms. The number of anilines is 1. The molecular formula is C17H14ClNO2. The zero-order valence-electron chi connectivity index (χ0n) is 11.5. The molecule has 0 atom stereocenters. The van der Waals surface area contributed by atoms with Crippen LogP contribution in [0.2, 0.25) is 5.02 Å². The van der Waals surface area contributed by atoms with Crippen LogP contribution in [0.1, 0.15) is 18.1 Å².